The van der Waals surface area contributed by atoms with Crippen molar-refractivity contribution in [2.24, 2.45) is 0 Å². The number of hydrogen-bond acceptors (Lipinski definition) is 5. The monoisotopic (exact) mass is 302 g/mol. The van der Waals surface area contributed by atoms with Crippen LogP contribution in [0.5, 0.6) is 0 Å². The van der Waals surface area contributed by atoms with Gasteiger partial charge in [0.15, 0.2) is 5.82 Å². The number of nitrogens with one attached hydrogen (secondary N) is 1. The maximum Gasteiger partial charge on any atom is 0.254 e. The zero-order valence-electron chi connectivity index (χ0n) is 12.5. The summed E-state index contributed by atoms with van der Waals surface area (Å²) in [6.07, 6.45) is 3.47. The summed E-state index contributed by atoms with van der Waals surface area (Å²) in [5, 5.41) is 7.92. The van der Waals surface area contributed by atoms with Gasteiger partial charge in [-0.3, -0.25) is 4.98 Å². The number of hydrogen-bond donors (Lipinski definition) is 1. The van der Waals surface area contributed by atoms with Gasteiger partial charge < -0.3 is 5.32 Å². The molecule has 0 aliphatic carbocycles. The first kappa shape index (κ1) is 13.4. The first-order valence-corrected chi connectivity index (χ1v) is 7.26. The summed E-state index contributed by atoms with van der Waals surface area (Å²) in [6.45, 7) is 1.94. The number of anilines is 2. The van der Waals surface area contributed by atoms with Crippen LogP contribution in [0.2, 0.25) is 0 Å². The summed E-state index contributed by atoms with van der Waals surface area (Å²) >= 11 is 0. The van der Waals surface area contributed by atoms with Gasteiger partial charge in [-0.1, -0.05) is 18.2 Å². The number of pyridine rings is 1. The molecule has 0 amide bonds. The number of benzene rings is 1. The van der Waals surface area contributed by atoms with Crippen molar-refractivity contribution < 1.29 is 0 Å². The van der Waals surface area contributed by atoms with Gasteiger partial charge in [-0.05, 0) is 31.2 Å². The quantitative estimate of drug-likeness (QED) is 0.629. The highest BCUT2D eigenvalue weighted by molar-refractivity contribution is 5.61. The molecule has 1 N–H and O–H groups in total. The molecule has 6 heteroatoms. The lowest BCUT2D eigenvalue weighted by atomic mass is 10.3. The van der Waals surface area contributed by atoms with Gasteiger partial charge in [0, 0.05) is 35.4 Å². The van der Waals surface area contributed by atoms with Crippen LogP contribution in [0.4, 0.5) is 11.5 Å². The minimum absolute atomic E-state index is 0.558. The Hall–Kier alpha value is -3.28. The van der Waals surface area contributed by atoms with Gasteiger partial charge in [0.05, 0.1) is 0 Å². The molecule has 0 saturated heterocycles. The molecule has 0 spiro atoms. The second-order valence-corrected chi connectivity index (χ2v) is 5.16. The fourth-order valence-electron chi connectivity index (χ4n) is 2.36. The number of aryl methyl sites for hydroxylation is 1. The van der Waals surface area contributed by atoms with Crippen LogP contribution in [-0.2, 0) is 0 Å². The fraction of sp³-hybridized carbons (Fsp3) is 0.0588. The molecule has 0 radical (unpaired) electrons. The Bertz CT molecular complexity index is 947. The predicted octanol–water partition coefficient (Wildman–Crippen LogP) is 3.24. The van der Waals surface area contributed by atoms with E-state index >= 15 is 0 Å². The van der Waals surface area contributed by atoms with Crippen LogP contribution in [0.1, 0.15) is 5.69 Å². The van der Waals surface area contributed by atoms with Gasteiger partial charge in [0.2, 0.25) is 0 Å². The number of nitrogens with zero attached hydrogens (tertiary/aromatic N) is 5. The SMILES string of the molecule is Cc1cc(Nc2ccccc2)n2nc(-c3cccnc3)nc2n1. The maximum absolute atomic E-state index is 4.56. The molecule has 1 aromatic carbocycles. The second-order valence-electron chi connectivity index (χ2n) is 5.16. The average Bonchev–Trinajstić information content (AvgIpc) is 3.01. The van der Waals surface area contributed by atoms with E-state index in [0.29, 0.717) is 11.6 Å². The van der Waals surface area contributed by atoms with Gasteiger partial charge in [-0.2, -0.15) is 9.50 Å². The van der Waals surface area contributed by atoms with Crippen molar-refractivity contribution >= 4 is 17.3 Å². The summed E-state index contributed by atoms with van der Waals surface area (Å²) in [5.74, 6) is 1.98. The Labute approximate surface area is 132 Å². The Kier molecular flexibility index (Phi) is 3.20. The van der Waals surface area contributed by atoms with Crippen molar-refractivity contribution in [3.05, 3.63) is 66.6 Å². The highest BCUT2D eigenvalue weighted by Gasteiger charge is 2.11. The molecule has 0 bridgehead atoms. The molecule has 0 aliphatic heterocycles. The zero-order chi connectivity index (χ0) is 15.6. The Morgan fingerprint density at radius 3 is 2.65 bits per heavy atom. The summed E-state index contributed by atoms with van der Waals surface area (Å²) in [5.41, 5.74) is 2.72. The van der Waals surface area contributed by atoms with Crippen LogP contribution in [0, 0.1) is 6.92 Å². The normalized spacial score (nSPS) is 10.8. The van der Waals surface area contributed by atoms with E-state index in [1.807, 2.05) is 55.5 Å². The zero-order valence-corrected chi connectivity index (χ0v) is 12.5. The van der Waals surface area contributed by atoms with Crippen molar-refractivity contribution in [1.29, 1.82) is 0 Å². The van der Waals surface area contributed by atoms with E-state index in [0.717, 1.165) is 22.8 Å². The predicted molar refractivity (Wildman–Crippen MR) is 88.5 cm³/mol. The third kappa shape index (κ3) is 2.62. The lowest BCUT2D eigenvalue weighted by molar-refractivity contribution is 0.940. The van der Waals surface area contributed by atoms with Crippen molar-refractivity contribution in [1.82, 2.24) is 24.6 Å². The molecule has 0 fully saturated rings. The Morgan fingerprint density at radius 1 is 1.00 bits per heavy atom. The fourth-order valence-corrected chi connectivity index (χ4v) is 2.36. The Balaban J connectivity index is 1.83. The first-order valence-electron chi connectivity index (χ1n) is 7.26. The molecule has 3 aromatic heterocycles. The molecule has 0 aliphatic rings. The molecule has 4 aromatic rings. The molecular weight excluding hydrogens is 288 g/mol. The lowest BCUT2D eigenvalue weighted by Gasteiger charge is -2.08. The molecular formula is C17H14N6. The molecule has 0 atom stereocenters. The number of rotatable bonds is 3. The van der Waals surface area contributed by atoms with E-state index in [9.17, 15) is 0 Å². The van der Waals surface area contributed by atoms with E-state index in [4.69, 9.17) is 0 Å². The minimum Gasteiger partial charge on any atom is -0.340 e. The molecule has 3 heterocycles. The molecule has 0 unspecified atom stereocenters. The van der Waals surface area contributed by atoms with Crippen LogP contribution < -0.4 is 5.32 Å². The van der Waals surface area contributed by atoms with Gasteiger partial charge in [-0.25, -0.2) is 4.98 Å². The van der Waals surface area contributed by atoms with Crippen LogP contribution in [-0.4, -0.2) is 24.6 Å². The van der Waals surface area contributed by atoms with E-state index < -0.39 is 0 Å². The number of aromatic nitrogens is 5. The molecule has 6 nitrogen and oxygen atoms in total. The van der Waals surface area contributed by atoms with Gasteiger partial charge in [0.25, 0.3) is 5.78 Å². The first-order chi connectivity index (χ1) is 11.3. The highest BCUT2D eigenvalue weighted by Crippen LogP contribution is 2.20. The van der Waals surface area contributed by atoms with Crippen molar-refractivity contribution in [3.8, 4) is 11.4 Å². The standard InChI is InChI=1S/C17H14N6/c1-12-10-15(20-14-7-3-2-4-8-14)23-17(19-12)21-16(22-23)13-6-5-9-18-11-13/h2-11,20H,1H3. The largest absolute Gasteiger partial charge is 0.340 e. The molecule has 23 heavy (non-hydrogen) atoms. The maximum atomic E-state index is 4.56. The minimum atomic E-state index is 0.558. The summed E-state index contributed by atoms with van der Waals surface area (Å²) in [6, 6.07) is 15.7. The van der Waals surface area contributed by atoms with E-state index in [2.05, 4.69) is 25.4 Å². The topological polar surface area (TPSA) is 68.0 Å². The van der Waals surface area contributed by atoms with Gasteiger partial charge >= 0.3 is 0 Å². The van der Waals surface area contributed by atoms with Crippen molar-refractivity contribution in [2.45, 2.75) is 6.92 Å². The summed E-state index contributed by atoms with van der Waals surface area (Å²) in [4.78, 5) is 13.1. The van der Waals surface area contributed by atoms with Crippen LogP contribution in [0.25, 0.3) is 17.2 Å². The van der Waals surface area contributed by atoms with E-state index in [-0.39, 0.29) is 0 Å². The highest BCUT2D eigenvalue weighted by atomic mass is 15.4. The van der Waals surface area contributed by atoms with Crippen molar-refractivity contribution in [2.75, 3.05) is 5.32 Å². The van der Waals surface area contributed by atoms with Crippen LogP contribution >= 0.6 is 0 Å². The van der Waals surface area contributed by atoms with Crippen molar-refractivity contribution in [3.63, 3.8) is 0 Å². The number of para-hydroxylation sites is 1. The average molecular weight is 302 g/mol. The van der Waals surface area contributed by atoms with E-state index in [1.165, 1.54) is 0 Å². The smallest absolute Gasteiger partial charge is 0.254 e. The summed E-state index contributed by atoms with van der Waals surface area (Å²) in [7, 11) is 0. The molecule has 4 rings (SSSR count). The Morgan fingerprint density at radius 2 is 1.87 bits per heavy atom. The lowest BCUT2D eigenvalue weighted by Crippen LogP contribution is -2.02. The van der Waals surface area contributed by atoms with Gasteiger partial charge in [0.1, 0.15) is 5.82 Å². The van der Waals surface area contributed by atoms with Gasteiger partial charge in [-0.15, -0.1) is 5.10 Å². The third-order valence-electron chi connectivity index (χ3n) is 3.41. The molecule has 0 saturated carbocycles. The van der Waals surface area contributed by atoms with Crippen LogP contribution in [0.15, 0.2) is 60.9 Å². The summed E-state index contributed by atoms with van der Waals surface area (Å²) < 4.78 is 1.71. The van der Waals surface area contributed by atoms with E-state index in [1.54, 1.807) is 16.9 Å². The number of fused-ring (bicyclic) bond motifs is 1. The molecule has 112 valence electrons. The second kappa shape index (κ2) is 5.49. The third-order valence-corrected chi connectivity index (χ3v) is 3.41. The van der Waals surface area contributed by atoms with Crippen LogP contribution in [0.3, 0.4) is 0 Å².